The number of phenols is 1. The van der Waals surface area contributed by atoms with Gasteiger partial charge in [0.05, 0.1) is 13.4 Å². The Bertz CT molecular complexity index is 970. The third-order valence-electron chi connectivity index (χ3n) is 4.81. The van der Waals surface area contributed by atoms with Crippen molar-refractivity contribution in [3.05, 3.63) is 36.2 Å². The zero-order chi connectivity index (χ0) is 19.5. The van der Waals surface area contributed by atoms with Crippen molar-refractivity contribution in [1.29, 1.82) is 0 Å². The van der Waals surface area contributed by atoms with Gasteiger partial charge in [0.1, 0.15) is 6.23 Å². The summed E-state index contributed by atoms with van der Waals surface area (Å²) in [7, 11) is 1.48. The van der Waals surface area contributed by atoms with E-state index >= 15 is 0 Å². The number of nitrogens with one attached hydrogen (secondary N) is 1. The zero-order valence-corrected chi connectivity index (χ0v) is 15.6. The number of rotatable bonds is 5. The smallest absolute Gasteiger partial charge is 0.312 e. The number of benzene rings is 1. The molecule has 3 heterocycles. The Balaban J connectivity index is 1.60. The molecule has 1 aliphatic rings. The zero-order valence-electron chi connectivity index (χ0n) is 15.6. The van der Waals surface area contributed by atoms with Gasteiger partial charge >= 0.3 is 6.08 Å². The van der Waals surface area contributed by atoms with Crippen molar-refractivity contribution in [2.24, 2.45) is 0 Å². The maximum atomic E-state index is 14.1. The van der Waals surface area contributed by atoms with Crippen molar-refractivity contribution in [1.82, 2.24) is 19.5 Å². The van der Waals surface area contributed by atoms with Gasteiger partial charge in [-0.1, -0.05) is 12.5 Å². The molecule has 2 N–H and O–H groups in total. The van der Waals surface area contributed by atoms with Crippen LogP contribution < -0.4 is 10.1 Å². The Labute approximate surface area is 161 Å². The van der Waals surface area contributed by atoms with Gasteiger partial charge in [-0.05, 0) is 37.0 Å². The molecule has 0 aliphatic carbocycles. The molecule has 1 aromatic carbocycles. The number of nitrogens with zero attached hydrogens (tertiary/aromatic N) is 4. The van der Waals surface area contributed by atoms with Crippen LogP contribution in [-0.4, -0.2) is 38.3 Å². The van der Waals surface area contributed by atoms with Gasteiger partial charge in [-0.15, -0.1) is 0 Å². The van der Waals surface area contributed by atoms with Crippen LogP contribution in [0.15, 0.2) is 24.5 Å². The summed E-state index contributed by atoms with van der Waals surface area (Å²) in [5, 5.41) is 12.8. The number of anilines is 1. The summed E-state index contributed by atoms with van der Waals surface area (Å²) >= 11 is 0. The lowest BCUT2D eigenvalue weighted by atomic mass is 10.2. The van der Waals surface area contributed by atoms with E-state index in [0.29, 0.717) is 35.9 Å². The molecule has 1 fully saturated rings. The fraction of sp³-hybridized carbons (Fsp3) is 0.421. The first-order valence-corrected chi connectivity index (χ1v) is 9.27. The van der Waals surface area contributed by atoms with Crippen LogP contribution in [0, 0.1) is 6.08 Å². The summed E-state index contributed by atoms with van der Waals surface area (Å²) < 4.78 is 26.9. The van der Waals surface area contributed by atoms with E-state index in [-0.39, 0.29) is 12.0 Å². The van der Waals surface area contributed by atoms with Gasteiger partial charge in [0.2, 0.25) is 0 Å². The summed E-state index contributed by atoms with van der Waals surface area (Å²) in [5.74, 6) is 0.735. The van der Waals surface area contributed by atoms with Gasteiger partial charge in [-0.2, -0.15) is 14.4 Å². The molecule has 148 valence electrons. The number of ether oxygens (including phenoxy) is 2. The monoisotopic (exact) mass is 387 g/mol. The fourth-order valence-electron chi connectivity index (χ4n) is 3.36. The van der Waals surface area contributed by atoms with Crippen LogP contribution in [0.2, 0.25) is 0 Å². The maximum absolute atomic E-state index is 14.1. The number of hydrogen-bond acceptors (Lipinski definition) is 7. The Morgan fingerprint density at radius 3 is 3.07 bits per heavy atom. The summed E-state index contributed by atoms with van der Waals surface area (Å²) in [5.41, 5.74) is 1.73. The Hall–Kier alpha value is -2.94. The average Bonchev–Trinajstić information content (AvgIpc) is 2.93. The van der Waals surface area contributed by atoms with Crippen LogP contribution in [0.25, 0.3) is 11.2 Å². The molecular formula is C19H22FN5O3. The molecule has 0 saturated carbocycles. The Kier molecular flexibility index (Phi) is 5.25. The summed E-state index contributed by atoms with van der Waals surface area (Å²) in [6.45, 7) is 1.03. The highest BCUT2D eigenvalue weighted by molar-refractivity contribution is 5.82. The van der Waals surface area contributed by atoms with Crippen molar-refractivity contribution in [2.45, 2.75) is 38.5 Å². The van der Waals surface area contributed by atoms with Crippen molar-refractivity contribution in [2.75, 3.05) is 19.0 Å². The molecule has 1 saturated heterocycles. The highest BCUT2D eigenvalue weighted by Gasteiger charge is 2.20. The molecule has 1 atom stereocenters. The number of phenolic OH excluding ortho intramolecular Hbond substituents is 1. The molecule has 3 aromatic rings. The first-order valence-electron chi connectivity index (χ1n) is 9.27. The number of fused-ring (bicyclic) bond motifs is 1. The van der Waals surface area contributed by atoms with Crippen molar-refractivity contribution < 1.29 is 19.0 Å². The third-order valence-corrected chi connectivity index (χ3v) is 4.81. The predicted octanol–water partition coefficient (Wildman–Crippen LogP) is 3.38. The van der Waals surface area contributed by atoms with Gasteiger partial charge < -0.3 is 19.9 Å². The Morgan fingerprint density at radius 2 is 2.21 bits per heavy atom. The second-order valence-electron chi connectivity index (χ2n) is 6.70. The number of aromatic nitrogens is 4. The molecule has 0 spiro atoms. The summed E-state index contributed by atoms with van der Waals surface area (Å²) in [6, 6.07) is 5.00. The van der Waals surface area contributed by atoms with Gasteiger partial charge in [-0.25, -0.2) is 4.98 Å². The van der Waals surface area contributed by atoms with Crippen molar-refractivity contribution >= 4 is 17.0 Å². The van der Waals surface area contributed by atoms with Crippen molar-refractivity contribution in [3.8, 4) is 11.5 Å². The lowest BCUT2D eigenvalue weighted by Crippen LogP contribution is -2.12. The van der Waals surface area contributed by atoms with Crippen molar-refractivity contribution in [3.63, 3.8) is 0 Å². The van der Waals surface area contributed by atoms with Crippen LogP contribution in [-0.2, 0) is 11.3 Å². The van der Waals surface area contributed by atoms with Crippen LogP contribution >= 0.6 is 0 Å². The minimum atomic E-state index is -0.825. The average molecular weight is 387 g/mol. The maximum Gasteiger partial charge on any atom is 0.312 e. The number of hydrogen-bond donors (Lipinski definition) is 2. The third kappa shape index (κ3) is 3.70. The normalized spacial score (nSPS) is 17.4. The highest BCUT2D eigenvalue weighted by atomic mass is 19.1. The minimum absolute atomic E-state index is 0.0591. The van der Waals surface area contributed by atoms with Crippen LogP contribution in [0.4, 0.5) is 10.2 Å². The summed E-state index contributed by atoms with van der Waals surface area (Å²) in [4.78, 5) is 12.2. The molecule has 28 heavy (non-hydrogen) atoms. The molecular weight excluding hydrogens is 365 g/mol. The molecule has 0 bridgehead atoms. The van der Waals surface area contributed by atoms with Gasteiger partial charge in [0.25, 0.3) is 0 Å². The lowest BCUT2D eigenvalue weighted by molar-refractivity contribution is 0.00928. The van der Waals surface area contributed by atoms with Gasteiger partial charge in [0.15, 0.2) is 28.5 Å². The van der Waals surface area contributed by atoms with E-state index in [1.54, 1.807) is 29.1 Å². The van der Waals surface area contributed by atoms with E-state index in [1.807, 2.05) is 0 Å². The first kappa shape index (κ1) is 18.4. The SMILES string of the molecule is COc1cc(CNc2nc(F)nc3c2ncn3C2CCCCCO2)ccc1O. The molecule has 0 amide bonds. The quantitative estimate of drug-likeness (QED) is 0.648. The molecule has 8 nitrogen and oxygen atoms in total. The Morgan fingerprint density at radius 1 is 1.32 bits per heavy atom. The number of methoxy groups -OCH3 is 1. The molecule has 2 aromatic heterocycles. The van der Waals surface area contributed by atoms with Crippen LogP contribution in [0.3, 0.4) is 0 Å². The van der Waals surface area contributed by atoms with E-state index in [1.165, 1.54) is 7.11 Å². The number of halogens is 1. The lowest BCUT2D eigenvalue weighted by Gasteiger charge is -2.17. The topological polar surface area (TPSA) is 94.3 Å². The second-order valence-corrected chi connectivity index (χ2v) is 6.70. The van der Waals surface area contributed by atoms with E-state index in [9.17, 15) is 9.50 Å². The van der Waals surface area contributed by atoms with E-state index in [2.05, 4.69) is 20.3 Å². The molecule has 1 aliphatic heterocycles. The first-order chi connectivity index (χ1) is 13.7. The molecule has 1 unspecified atom stereocenters. The van der Waals surface area contributed by atoms with Crippen LogP contribution in [0.5, 0.6) is 11.5 Å². The van der Waals surface area contributed by atoms with E-state index < -0.39 is 6.08 Å². The highest BCUT2D eigenvalue weighted by Crippen LogP contribution is 2.29. The van der Waals surface area contributed by atoms with Gasteiger partial charge in [-0.3, -0.25) is 4.57 Å². The number of aromatic hydroxyl groups is 1. The molecule has 0 radical (unpaired) electrons. The summed E-state index contributed by atoms with van der Waals surface area (Å²) in [6.07, 6.45) is 4.64. The van der Waals surface area contributed by atoms with Crippen LogP contribution in [0.1, 0.15) is 37.5 Å². The van der Waals surface area contributed by atoms with E-state index in [0.717, 1.165) is 31.2 Å². The second kappa shape index (κ2) is 7.97. The largest absolute Gasteiger partial charge is 0.504 e. The minimum Gasteiger partial charge on any atom is -0.504 e. The standard InChI is InChI=1S/C19H22FN5O3/c1-27-14-9-12(6-7-13(14)26)10-21-17-16-18(24-19(20)23-17)25(11-22-16)15-5-3-2-4-8-28-15/h6-7,9,11,15,26H,2-5,8,10H2,1H3,(H,21,23,24). The predicted molar refractivity (Wildman–Crippen MR) is 101 cm³/mol. The molecule has 4 rings (SSSR count). The number of imidazole rings is 1. The fourth-order valence-corrected chi connectivity index (χ4v) is 3.36. The molecule has 9 heteroatoms. The van der Waals surface area contributed by atoms with E-state index in [4.69, 9.17) is 9.47 Å². The van der Waals surface area contributed by atoms with Gasteiger partial charge in [0, 0.05) is 13.2 Å².